The third-order valence-electron chi connectivity index (χ3n) is 7.48. The summed E-state index contributed by atoms with van der Waals surface area (Å²) >= 11 is 0. The van der Waals surface area contributed by atoms with Crippen molar-refractivity contribution in [2.75, 3.05) is 13.2 Å². The maximum atomic E-state index is 10.4. The Morgan fingerprint density at radius 2 is 1.68 bits per heavy atom. The summed E-state index contributed by atoms with van der Waals surface area (Å²) in [5.74, 6) is 2.27. The Labute approximate surface area is 189 Å². The van der Waals surface area contributed by atoms with Gasteiger partial charge in [0.15, 0.2) is 12.6 Å². The van der Waals surface area contributed by atoms with Gasteiger partial charge in [-0.25, -0.2) is 0 Å². The second-order valence-electron chi connectivity index (χ2n) is 9.65. The molecule has 5 atom stereocenters. The van der Waals surface area contributed by atoms with Crippen LogP contribution in [0, 0.1) is 17.8 Å². The predicted molar refractivity (Wildman–Crippen MR) is 126 cm³/mol. The molecule has 0 heterocycles. The molecule has 3 rings (SSSR count). The molecule has 4 heteroatoms. The van der Waals surface area contributed by atoms with Gasteiger partial charge in [0.1, 0.15) is 0 Å². The number of hydrogen-bond acceptors (Lipinski definition) is 4. The number of aliphatic hydroxyl groups is 1. The lowest BCUT2D eigenvalue weighted by molar-refractivity contribution is -0.211. The first-order valence-electron chi connectivity index (χ1n) is 12.7. The van der Waals surface area contributed by atoms with Crippen molar-refractivity contribution in [3.63, 3.8) is 0 Å². The summed E-state index contributed by atoms with van der Waals surface area (Å²) in [6, 6.07) is 0. The molecule has 31 heavy (non-hydrogen) atoms. The fourth-order valence-corrected chi connectivity index (χ4v) is 5.18. The van der Waals surface area contributed by atoms with E-state index >= 15 is 0 Å². The van der Waals surface area contributed by atoms with Gasteiger partial charge < -0.3 is 19.3 Å². The molecule has 0 aromatic carbocycles. The van der Waals surface area contributed by atoms with E-state index in [0.29, 0.717) is 19.1 Å². The summed E-state index contributed by atoms with van der Waals surface area (Å²) in [4.78, 5) is 0. The summed E-state index contributed by atoms with van der Waals surface area (Å²) in [6.07, 6.45) is 20.1. The van der Waals surface area contributed by atoms with Gasteiger partial charge in [-0.05, 0) is 75.2 Å². The van der Waals surface area contributed by atoms with Crippen molar-refractivity contribution >= 4 is 0 Å². The molecule has 1 saturated carbocycles. The molecule has 0 amide bonds. The standard InChI is InChI=1S/C27H44O4/c1-4-20(2)22-10-12-25(13-11-22)27(28)31-21(3)29-18-19-30-26-16-14-24(15-17-26)23-8-6-5-7-9-23/h10,12,14,16,20-21,23-24,26-28H,4-9,11,13,15,17-19H2,1-3H3/t20?,21?,24?,26?,27-/m1/s1. The molecule has 1 N–H and O–H groups in total. The molecule has 1 fully saturated rings. The van der Waals surface area contributed by atoms with Gasteiger partial charge >= 0.3 is 0 Å². The van der Waals surface area contributed by atoms with E-state index in [4.69, 9.17) is 14.2 Å². The van der Waals surface area contributed by atoms with Crippen LogP contribution in [0.1, 0.15) is 85.0 Å². The zero-order chi connectivity index (χ0) is 22.1. The molecule has 0 saturated heterocycles. The summed E-state index contributed by atoms with van der Waals surface area (Å²) < 4.78 is 17.4. The Kier molecular flexibility index (Phi) is 10.3. The zero-order valence-corrected chi connectivity index (χ0v) is 19.9. The number of ether oxygens (including phenoxy) is 3. The van der Waals surface area contributed by atoms with Crippen molar-refractivity contribution in [1.82, 2.24) is 0 Å². The first-order chi connectivity index (χ1) is 15.1. The Morgan fingerprint density at radius 1 is 0.935 bits per heavy atom. The van der Waals surface area contributed by atoms with Crippen molar-refractivity contribution in [3.05, 3.63) is 35.5 Å². The van der Waals surface area contributed by atoms with Gasteiger partial charge in [-0.3, -0.25) is 0 Å². The van der Waals surface area contributed by atoms with Gasteiger partial charge in [0.25, 0.3) is 0 Å². The number of rotatable bonds is 11. The number of hydrogen-bond donors (Lipinski definition) is 1. The molecular formula is C27H44O4. The lowest BCUT2D eigenvalue weighted by atomic mass is 9.76. The molecule has 4 nitrogen and oxygen atoms in total. The third-order valence-corrected chi connectivity index (χ3v) is 7.48. The highest BCUT2D eigenvalue weighted by molar-refractivity contribution is 5.26. The van der Waals surface area contributed by atoms with Crippen LogP contribution in [0.15, 0.2) is 35.5 Å². The van der Waals surface area contributed by atoms with E-state index in [1.807, 2.05) is 13.0 Å². The van der Waals surface area contributed by atoms with Gasteiger partial charge in [-0.15, -0.1) is 0 Å². The van der Waals surface area contributed by atoms with Crippen molar-refractivity contribution in [1.29, 1.82) is 0 Å². The van der Waals surface area contributed by atoms with Gasteiger partial charge in [0.05, 0.1) is 19.3 Å². The van der Waals surface area contributed by atoms with E-state index in [9.17, 15) is 5.11 Å². The lowest BCUT2D eigenvalue weighted by Crippen LogP contribution is -2.27. The van der Waals surface area contributed by atoms with Crippen LogP contribution in [-0.4, -0.2) is 37.0 Å². The van der Waals surface area contributed by atoms with Gasteiger partial charge in [0, 0.05) is 0 Å². The average molecular weight is 433 g/mol. The van der Waals surface area contributed by atoms with E-state index in [1.54, 1.807) is 0 Å². The highest BCUT2D eigenvalue weighted by Gasteiger charge is 2.25. The second kappa shape index (κ2) is 12.9. The average Bonchev–Trinajstić information content (AvgIpc) is 2.82. The number of aliphatic hydroxyl groups excluding tert-OH is 1. The highest BCUT2D eigenvalue weighted by Crippen LogP contribution is 2.35. The maximum Gasteiger partial charge on any atom is 0.180 e. The summed E-state index contributed by atoms with van der Waals surface area (Å²) in [5.41, 5.74) is 2.39. The molecule has 3 aliphatic carbocycles. The van der Waals surface area contributed by atoms with Crippen LogP contribution in [0.25, 0.3) is 0 Å². The Balaban J connectivity index is 1.29. The zero-order valence-electron chi connectivity index (χ0n) is 19.9. The molecule has 3 aliphatic rings. The van der Waals surface area contributed by atoms with E-state index in [2.05, 4.69) is 32.1 Å². The summed E-state index contributed by atoms with van der Waals surface area (Å²) in [5, 5.41) is 10.4. The van der Waals surface area contributed by atoms with Crippen molar-refractivity contribution < 1.29 is 19.3 Å². The van der Waals surface area contributed by atoms with Crippen LogP contribution in [0.3, 0.4) is 0 Å². The maximum absolute atomic E-state index is 10.4. The van der Waals surface area contributed by atoms with Crippen molar-refractivity contribution in [3.8, 4) is 0 Å². The van der Waals surface area contributed by atoms with Gasteiger partial charge in [-0.2, -0.15) is 0 Å². The lowest BCUT2D eigenvalue weighted by Gasteiger charge is -2.32. The minimum Gasteiger partial charge on any atom is -0.372 e. The molecule has 176 valence electrons. The Morgan fingerprint density at radius 3 is 2.32 bits per heavy atom. The van der Waals surface area contributed by atoms with Gasteiger partial charge in [-0.1, -0.05) is 63.0 Å². The summed E-state index contributed by atoms with van der Waals surface area (Å²) in [7, 11) is 0. The van der Waals surface area contributed by atoms with Crippen molar-refractivity contribution in [2.24, 2.45) is 17.8 Å². The van der Waals surface area contributed by atoms with Crippen LogP contribution < -0.4 is 0 Å². The largest absolute Gasteiger partial charge is 0.372 e. The summed E-state index contributed by atoms with van der Waals surface area (Å²) in [6.45, 7) is 7.33. The van der Waals surface area contributed by atoms with Crippen LogP contribution in [-0.2, 0) is 14.2 Å². The minimum atomic E-state index is -0.899. The van der Waals surface area contributed by atoms with E-state index in [1.165, 1.54) is 44.1 Å². The molecule has 0 aromatic heterocycles. The monoisotopic (exact) mass is 432 g/mol. The second-order valence-corrected chi connectivity index (χ2v) is 9.65. The molecule has 0 aliphatic heterocycles. The molecule has 0 aromatic rings. The van der Waals surface area contributed by atoms with Crippen LogP contribution in [0.4, 0.5) is 0 Å². The highest BCUT2D eigenvalue weighted by atomic mass is 16.7. The van der Waals surface area contributed by atoms with E-state index in [-0.39, 0.29) is 6.10 Å². The molecule has 4 unspecified atom stereocenters. The SMILES string of the molecule is CCC(C)C1=CC=C([C@H](O)OC(C)OCCOC2C=CC(C3CCCCC3)CC2)CC1. The topological polar surface area (TPSA) is 47.9 Å². The van der Waals surface area contributed by atoms with Gasteiger partial charge in [0.2, 0.25) is 0 Å². The van der Waals surface area contributed by atoms with Crippen LogP contribution in [0.2, 0.25) is 0 Å². The normalized spacial score (nSPS) is 28.0. The molecule has 0 bridgehead atoms. The minimum absolute atomic E-state index is 0.212. The predicted octanol–water partition coefficient (Wildman–Crippen LogP) is 6.31. The fraction of sp³-hybridized carbons (Fsp3) is 0.778. The van der Waals surface area contributed by atoms with E-state index < -0.39 is 12.6 Å². The number of allylic oxidation sites excluding steroid dienone is 4. The molecule has 0 spiro atoms. The third kappa shape index (κ3) is 7.85. The first kappa shape index (κ1) is 24.7. The quantitative estimate of drug-likeness (QED) is 0.236. The Bertz CT molecular complexity index is 617. The molecular weight excluding hydrogens is 388 g/mol. The fourth-order valence-electron chi connectivity index (χ4n) is 5.18. The van der Waals surface area contributed by atoms with Crippen LogP contribution >= 0.6 is 0 Å². The first-order valence-corrected chi connectivity index (χ1v) is 12.7. The smallest absolute Gasteiger partial charge is 0.180 e. The van der Waals surface area contributed by atoms with Crippen molar-refractivity contribution in [2.45, 2.75) is 104 Å². The Hall–Kier alpha value is -0.940. The molecule has 0 radical (unpaired) electrons. The van der Waals surface area contributed by atoms with Crippen LogP contribution in [0.5, 0.6) is 0 Å². The van der Waals surface area contributed by atoms with E-state index in [0.717, 1.165) is 43.1 Å².